The van der Waals surface area contributed by atoms with Gasteiger partial charge in [0.15, 0.2) is 6.10 Å². The Balaban J connectivity index is 4.41. The van der Waals surface area contributed by atoms with E-state index in [-0.39, 0.29) is 26.1 Å². The summed E-state index contributed by atoms with van der Waals surface area (Å²) in [6, 6.07) is 0. The third-order valence-corrected chi connectivity index (χ3v) is 11.6. The van der Waals surface area contributed by atoms with E-state index in [0.29, 0.717) is 36.7 Å². The van der Waals surface area contributed by atoms with Crippen LogP contribution in [0.5, 0.6) is 0 Å². The van der Waals surface area contributed by atoms with Crippen LogP contribution in [0.4, 0.5) is 0 Å². The molecular weight excluding hydrogens is 814 g/mol. The first-order valence-corrected chi connectivity index (χ1v) is 26.6. The summed E-state index contributed by atoms with van der Waals surface area (Å²) < 4.78 is 33.9. The number of rotatable bonds is 45. The van der Waals surface area contributed by atoms with Crippen LogP contribution < -0.4 is 4.89 Å². The van der Waals surface area contributed by atoms with Crippen molar-refractivity contribution in [3.8, 4) is 0 Å². The molecule has 0 saturated carbocycles. The summed E-state index contributed by atoms with van der Waals surface area (Å²) in [6.45, 7) is 4.04. The van der Waals surface area contributed by atoms with E-state index in [0.717, 1.165) is 32.1 Å². The molecular formula is C52H94NO9P. The number of carbonyl (C=O) groups excluding carboxylic acids is 2. The smallest absolute Gasteiger partial charge is 0.306 e. The van der Waals surface area contributed by atoms with Gasteiger partial charge in [0.1, 0.15) is 19.8 Å². The van der Waals surface area contributed by atoms with Gasteiger partial charge in [0.2, 0.25) is 0 Å². The standard InChI is InChI=1S/C52H94NO9P/c1-6-8-10-12-14-16-17-18-19-20-21-22-23-24-25-26-27-29-31-35-40-44-52(56)62-50(48-61-63(57,58)60-46-45-53(3,4)5)47-59-51(55)43-39-36-32-34-38-42-49(54)41-37-33-30-28-15-13-11-9-7-2/h15,18-19,28,32-34,37-38,42,49-50,54H,6-14,16-17,20-27,29-31,35-36,39-41,43-48H2,1-5H3/b19-18-,28-15-,34-32+,37-33-,42-38-/t49?,50-/m1/s1. The van der Waals surface area contributed by atoms with Crippen molar-refractivity contribution in [2.24, 2.45) is 0 Å². The van der Waals surface area contributed by atoms with Crippen molar-refractivity contribution in [2.75, 3.05) is 47.5 Å². The molecule has 1 N–H and O–H groups in total. The normalized spacial score (nSPS) is 14.5. The van der Waals surface area contributed by atoms with Crippen LogP contribution in [-0.4, -0.2) is 81.2 Å². The molecule has 0 heterocycles. The number of aliphatic hydroxyl groups excluding tert-OH is 1. The van der Waals surface area contributed by atoms with Gasteiger partial charge in [0, 0.05) is 12.8 Å². The van der Waals surface area contributed by atoms with Crippen molar-refractivity contribution in [1.29, 1.82) is 0 Å². The van der Waals surface area contributed by atoms with E-state index < -0.39 is 38.6 Å². The van der Waals surface area contributed by atoms with Gasteiger partial charge in [-0.05, 0) is 70.6 Å². The molecule has 0 radical (unpaired) electrons. The van der Waals surface area contributed by atoms with Gasteiger partial charge >= 0.3 is 11.9 Å². The topological polar surface area (TPSA) is 131 Å². The van der Waals surface area contributed by atoms with Crippen molar-refractivity contribution in [2.45, 2.75) is 212 Å². The number of aliphatic hydroxyl groups is 1. The van der Waals surface area contributed by atoms with Crippen molar-refractivity contribution < 1.29 is 47.2 Å². The van der Waals surface area contributed by atoms with E-state index in [4.69, 9.17) is 18.5 Å². The molecule has 0 aliphatic rings. The fraction of sp³-hybridized carbons (Fsp3) is 0.769. The minimum Gasteiger partial charge on any atom is -0.756 e. The van der Waals surface area contributed by atoms with Crippen LogP contribution in [0.25, 0.3) is 0 Å². The number of likely N-dealkylation sites (N-methyl/N-ethyl adjacent to an activating group) is 1. The summed E-state index contributed by atoms with van der Waals surface area (Å²) >= 11 is 0. The summed E-state index contributed by atoms with van der Waals surface area (Å²) in [6.07, 6.45) is 49.9. The number of phosphoric ester groups is 1. The summed E-state index contributed by atoms with van der Waals surface area (Å²) in [5, 5.41) is 10.2. The average molecular weight is 908 g/mol. The number of quaternary nitrogens is 1. The van der Waals surface area contributed by atoms with Crippen LogP contribution in [0.2, 0.25) is 0 Å². The van der Waals surface area contributed by atoms with Gasteiger partial charge in [-0.15, -0.1) is 0 Å². The summed E-state index contributed by atoms with van der Waals surface area (Å²) in [7, 11) is 1.09. The number of hydrogen-bond acceptors (Lipinski definition) is 9. The van der Waals surface area contributed by atoms with E-state index in [1.807, 2.05) is 39.4 Å². The third-order valence-electron chi connectivity index (χ3n) is 10.6. The molecule has 0 rings (SSSR count). The maximum absolute atomic E-state index is 12.7. The van der Waals surface area contributed by atoms with Crippen molar-refractivity contribution >= 4 is 19.8 Å². The molecule has 0 aliphatic heterocycles. The molecule has 366 valence electrons. The van der Waals surface area contributed by atoms with Gasteiger partial charge in [0.05, 0.1) is 33.9 Å². The van der Waals surface area contributed by atoms with Gasteiger partial charge in [-0.3, -0.25) is 14.2 Å². The van der Waals surface area contributed by atoms with Crippen molar-refractivity contribution in [1.82, 2.24) is 0 Å². The fourth-order valence-electron chi connectivity index (χ4n) is 6.60. The molecule has 10 nitrogen and oxygen atoms in total. The predicted molar refractivity (Wildman–Crippen MR) is 260 cm³/mol. The lowest BCUT2D eigenvalue weighted by Crippen LogP contribution is -2.37. The number of carbonyl (C=O) groups is 2. The molecule has 11 heteroatoms. The quantitative estimate of drug-likeness (QED) is 0.0158. The predicted octanol–water partition coefficient (Wildman–Crippen LogP) is 13.1. The van der Waals surface area contributed by atoms with Gasteiger partial charge in [-0.1, -0.05) is 177 Å². The van der Waals surface area contributed by atoms with Gasteiger partial charge in [-0.2, -0.15) is 0 Å². The maximum atomic E-state index is 12.7. The van der Waals surface area contributed by atoms with Crippen LogP contribution in [-0.2, 0) is 32.7 Å². The zero-order chi connectivity index (χ0) is 46.5. The van der Waals surface area contributed by atoms with Crippen LogP contribution >= 0.6 is 7.82 Å². The number of ether oxygens (including phenoxy) is 2. The number of allylic oxidation sites excluding steroid dienone is 8. The Hall–Kier alpha value is -2.33. The highest BCUT2D eigenvalue weighted by Crippen LogP contribution is 2.38. The highest BCUT2D eigenvalue weighted by molar-refractivity contribution is 7.45. The molecule has 2 unspecified atom stereocenters. The molecule has 0 aromatic heterocycles. The third kappa shape index (κ3) is 47.5. The average Bonchev–Trinajstić information content (AvgIpc) is 3.23. The van der Waals surface area contributed by atoms with Gasteiger partial charge in [0.25, 0.3) is 7.82 Å². The van der Waals surface area contributed by atoms with Crippen LogP contribution in [0.15, 0.2) is 60.8 Å². The first kappa shape index (κ1) is 60.7. The lowest BCUT2D eigenvalue weighted by molar-refractivity contribution is -0.870. The second-order valence-electron chi connectivity index (χ2n) is 18.0. The zero-order valence-corrected chi connectivity index (χ0v) is 41.8. The lowest BCUT2D eigenvalue weighted by atomic mass is 10.0. The highest BCUT2D eigenvalue weighted by atomic mass is 31.2. The van der Waals surface area contributed by atoms with E-state index in [9.17, 15) is 24.2 Å². The summed E-state index contributed by atoms with van der Waals surface area (Å²) in [5.74, 6) is -0.964. The molecule has 0 bridgehead atoms. The number of hydrogen-bond donors (Lipinski definition) is 1. The second kappa shape index (κ2) is 43.6. The monoisotopic (exact) mass is 908 g/mol. The van der Waals surface area contributed by atoms with Gasteiger partial charge in [-0.25, -0.2) is 0 Å². The Morgan fingerprint density at radius 2 is 1.08 bits per heavy atom. The molecule has 63 heavy (non-hydrogen) atoms. The SMILES string of the molecule is CCCCC/C=C\C/C=C\CC(O)/C=C\C=C\CCCC(=O)OC[C@H](COP(=O)([O-])OCC[N+](C)(C)C)OC(=O)CCCCCCCCCCCCC/C=C\CCCCCCCC. The maximum Gasteiger partial charge on any atom is 0.306 e. The van der Waals surface area contributed by atoms with Crippen molar-refractivity contribution in [3.05, 3.63) is 60.8 Å². The number of nitrogens with zero attached hydrogens (tertiary/aromatic N) is 1. The Morgan fingerprint density at radius 3 is 1.68 bits per heavy atom. The molecule has 0 amide bonds. The molecule has 0 saturated heterocycles. The lowest BCUT2D eigenvalue weighted by Gasteiger charge is -2.28. The highest BCUT2D eigenvalue weighted by Gasteiger charge is 2.21. The van der Waals surface area contributed by atoms with E-state index in [1.54, 1.807) is 12.2 Å². The molecule has 0 aromatic rings. The second-order valence-corrected chi connectivity index (χ2v) is 19.4. The summed E-state index contributed by atoms with van der Waals surface area (Å²) in [4.78, 5) is 37.7. The minimum absolute atomic E-state index is 0.0548. The van der Waals surface area contributed by atoms with E-state index in [1.165, 1.54) is 116 Å². The number of phosphoric acid groups is 1. The van der Waals surface area contributed by atoms with Crippen molar-refractivity contribution in [3.63, 3.8) is 0 Å². The first-order chi connectivity index (χ1) is 30.4. The van der Waals surface area contributed by atoms with Crippen LogP contribution in [0.3, 0.4) is 0 Å². The Kier molecular flexibility index (Phi) is 41.9. The minimum atomic E-state index is -4.66. The van der Waals surface area contributed by atoms with E-state index >= 15 is 0 Å². The number of esters is 2. The summed E-state index contributed by atoms with van der Waals surface area (Å²) in [5.41, 5.74) is 0. The Labute approximate surface area is 386 Å². The van der Waals surface area contributed by atoms with Crippen LogP contribution in [0.1, 0.15) is 200 Å². The molecule has 0 aliphatic carbocycles. The molecule has 0 fully saturated rings. The Morgan fingerprint density at radius 1 is 0.587 bits per heavy atom. The molecule has 0 aromatic carbocycles. The van der Waals surface area contributed by atoms with Gasteiger partial charge < -0.3 is 33.0 Å². The first-order valence-electron chi connectivity index (χ1n) is 25.1. The van der Waals surface area contributed by atoms with Crippen LogP contribution in [0, 0.1) is 0 Å². The fourth-order valence-corrected chi connectivity index (χ4v) is 7.33. The zero-order valence-electron chi connectivity index (χ0n) is 40.9. The largest absolute Gasteiger partial charge is 0.756 e. The number of unbranched alkanes of at least 4 members (excludes halogenated alkanes) is 21. The van der Waals surface area contributed by atoms with E-state index in [2.05, 4.69) is 44.2 Å². The Bertz CT molecular complexity index is 1270. The molecule has 0 spiro atoms. The molecule has 3 atom stereocenters.